The molecule has 156 valence electrons. The predicted molar refractivity (Wildman–Crippen MR) is 121 cm³/mol. The smallest absolute Gasteiger partial charge is 0.274 e. The number of fused-ring (bicyclic) bond motifs is 1. The maximum absolute atomic E-state index is 13.3. The highest BCUT2D eigenvalue weighted by Gasteiger charge is 2.29. The first-order valence-electron chi connectivity index (χ1n) is 9.53. The first kappa shape index (κ1) is 20.9. The fourth-order valence-corrected chi connectivity index (χ4v) is 5.36. The van der Waals surface area contributed by atoms with Crippen molar-refractivity contribution in [2.75, 3.05) is 10.6 Å². The second-order valence-electron chi connectivity index (χ2n) is 7.43. The van der Waals surface area contributed by atoms with E-state index < -0.39 is 0 Å². The molecule has 3 aromatic rings. The third kappa shape index (κ3) is 4.10. The minimum atomic E-state index is -0.313. The van der Waals surface area contributed by atoms with Gasteiger partial charge in [0.15, 0.2) is 0 Å². The van der Waals surface area contributed by atoms with Crippen LogP contribution in [0.2, 0.25) is 10.0 Å². The molecule has 2 heterocycles. The summed E-state index contributed by atoms with van der Waals surface area (Å²) in [4.78, 5) is 27.2. The summed E-state index contributed by atoms with van der Waals surface area (Å²) in [5, 5.41) is 11.2. The molecule has 1 aliphatic carbocycles. The SMILES string of the molecule is CC1CCc2c(sc(NC(=O)c3ccnn3C)c2C(=O)Nc2cc(Cl)ccc2Cl)C1. The van der Waals surface area contributed by atoms with Crippen molar-refractivity contribution < 1.29 is 9.59 Å². The molecule has 1 atom stereocenters. The number of rotatable bonds is 4. The van der Waals surface area contributed by atoms with E-state index in [0.29, 0.717) is 37.9 Å². The van der Waals surface area contributed by atoms with Crippen molar-refractivity contribution in [2.24, 2.45) is 13.0 Å². The van der Waals surface area contributed by atoms with E-state index in [-0.39, 0.29) is 11.8 Å². The molecule has 30 heavy (non-hydrogen) atoms. The third-order valence-electron chi connectivity index (χ3n) is 5.20. The summed E-state index contributed by atoms with van der Waals surface area (Å²) in [5.74, 6) is -0.0851. The molecule has 0 radical (unpaired) electrons. The second kappa shape index (κ2) is 8.41. The largest absolute Gasteiger partial charge is 0.320 e. The maximum Gasteiger partial charge on any atom is 0.274 e. The molecule has 0 bridgehead atoms. The number of nitrogens with zero attached hydrogens (tertiary/aromatic N) is 2. The molecule has 0 fully saturated rings. The van der Waals surface area contributed by atoms with Gasteiger partial charge in [0.05, 0.1) is 16.3 Å². The topological polar surface area (TPSA) is 76.0 Å². The number of aryl methyl sites for hydroxylation is 1. The molecule has 0 saturated carbocycles. The number of thiophene rings is 1. The molecule has 2 N–H and O–H groups in total. The Hall–Kier alpha value is -2.35. The lowest BCUT2D eigenvalue weighted by molar-refractivity contribution is 0.101. The van der Waals surface area contributed by atoms with Crippen LogP contribution in [-0.4, -0.2) is 21.6 Å². The molecule has 1 aliphatic rings. The number of anilines is 2. The number of carbonyl (C=O) groups excluding carboxylic acids is 2. The number of aromatic nitrogens is 2. The summed E-state index contributed by atoms with van der Waals surface area (Å²) in [7, 11) is 1.70. The van der Waals surface area contributed by atoms with Gasteiger partial charge in [-0.05, 0) is 55.0 Å². The molecular weight excluding hydrogens is 443 g/mol. The van der Waals surface area contributed by atoms with E-state index in [1.165, 1.54) is 16.0 Å². The molecule has 9 heteroatoms. The van der Waals surface area contributed by atoms with Gasteiger partial charge in [-0.3, -0.25) is 14.3 Å². The van der Waals surface area contributed by atoms with E-state index in [0.717, 1.165) is 29.7 Å². The van der Waals surface area contributed by atoms with Crippen LogP contribution in [0.3, 0.4) is 0 Å². The summed E-state index contributed by atoms with van der Waals surface area (Å²) in [6, 6.07) is 6.54. The average molecular weight is 463 g/mol. The Bertz CT molecular complexity index is 1140. The highest BCUT2D eigenvalue weighted by molar-refractivity contribution is 7.17. The summed E-state index contributed by atoms with van der Waals surface area (Å²) in [6.45, 7) is 2.20. The van der Waals surface area contributed by atoms with Gasteiger partial charge in [0.25, 0.3) is 11.8 Å². The van der Waals surface area contributed by atoms with Crippen molar-refractivity contribution in [1.82, 2.24) is 9.78 Å². The maximum atomic E-state index is 13.3. The Morgan fingerprint density at radius 2 is 2.00 bits per heavy atom. The van der Waals surface area contributed by atoms with E-state index in [2.05, 4.69) is 22.7 Å². The van der Waals surface area contributed by atoms with Gasteiger partial charge in [0.2, 0.25) is 0 Å². The van der Waals surface area contributed by atoms with Crippen molar-refractivity contribution in [3.63, 3.8) is 0 Å². The van der Waals surface area contributed by atoms with Crippen molar-refractivity contribution in [1.29, 1.82) is 0 Å². The lowest BCUT2D eigenvalue weighted by atomic mass is 9.88. The van der Waals surface area contributed by atoms with Crippen LogP contribution in [0.25, 0.3) is 0 Å². The molecule has 1 aromatic carbocycles. The van der Waals surface area contributed by atoms with E-state index >= 15 is 0 Å². The minimum Gasteiger partial charge on any atom is -0.320 e. The van der Waals surface area contributed by atoms with Gasteiger partial charge in [-0.1, -0.05) is 30.1 Å². The Balaban J connectivity index is 1.70. The molecule has 2 aromatic heterocycles. The molecule has 6 nitrogen and oxygen atoms in total. The zero-order valence-corrected chi connectivity index (χ0v) is 18.8. The van der Waals surface area contributed by atoms with E-state index in [4.69, 9.17) is 23.2 Å². The summed E-state index contributed by atoms with van der Waals surface area (Å²) in [5.41, 5.74) is 2.34. The fraction of sp³-hybridized carbons (Fsp3) is 0.286. The highest BCUT2D eigenvalue weighted by Crippen LogP contribution is 2.40. The van der Waals surface area contributed by atoms with E-state index in [1.54, 1.807) is 37.5 Å². The fourth-order valence-electron chi connectivity index (χ4n) is 3.62. The number of benzene rings is 1. The van der Waals surface area contributed by atoms with Crippen LogP contribution in [-0.2, 0) is 19.9 Å². The number of hydrogen-bond acceptors (Lipinski definition) is 4. The van der Waals surface area contributed by atoms with Crippen LogP contribution in [0.4, 0.5) is 10.7 Å². The second-order valence-corrected chi connectivity index (χ2v) is 9.38. The number of amides is 2. The van der Waals surface area contributed by atoms with Crippen molar-refractivity contribution >= 4 is 57.0 Å². The standard InChI is InChI=1S/C21H20Cl2N4O2S/c1-11-3-5-13-17(9-11)30-21(26-19(28)16-7-8-24-27(16)2)18(13)20(29)25-15-10-12(22)4-6-14(15)23/h4,6-8,10-11H,3,5,9H2,1-2H3,(H,25,29)(H,26,28). The Labute approximate surface area is 188 Å². The van der Waals surface area contributed by atoms with Crippen molar-refractivity contribution in [3.05, 3.63) is 62.2 Å². The quantitative estimate of drug-likeness (QED) is 0.543. The average Bonchev–Trinajstić information content (AvgIpc) is 3.27. The lowest BCUT2D eigenvalue weighted by Crippen LogP contribution is -2.20. The van der Waals surface area contributed by atoms with Crippen LogP contribution in [0.1, 0.15) is 44.6 Å². The van der Waals surface area contributed by atoms with Crippen molar-refractivity contribution in [3.8, 4) is 0 Å². The zero-order chi connectivity index (χ0) is 21.4. The number of halogens is 2. The number of hydrogen-bond donors (Lipinski definition) is 2. The third-order valence-corrected chi connectivity index (χ3v) is 6.93. The monoisotopic (exact) mass is 462 g/mol. The molecule has 0 aliphatic heterocycles. The Kier molecular flexibility index (Phi) is 5.86. The van der Waals surface area contributed by atoms with Gasteiger partial charge in [0.1, 0.15) is 10.7 Å². The lowest BCUT2D eigenvalue weighted by Gasteiger charge is -2.19. The zero-order valence-electron chi connectivity index (χ0n) is 16.5. The molecule has 0 spiro atoms. The van der Waals surface area contributed by atoms with Gasteiger partial charge >= 0.3 is 0 Å². The molecule has 2 amide bonds. The number of nitrogens with one attached hydrogen (secondary N) is 2. The van der Waals surface area contributed by atoms with Crippen LogP contribution in [0.15, 0.2) is 30.5 Å². The molecule has 1 unspecified atom stereocenters. The van der Waals surface area contributed by atoms with E-state index in [1.807, 2.05) is 0 Å². The molecule has 0 saturated heterocycles. The summed E-state index contributed by atoms with van der Waals surface area (Å²) >= 11 is 13.7. The summed E-state index contributed by atoms with van der Waals surface area (Å²) < 4.78 is 1.50. The predicted octanol–water partition coefficient (Wildman–Crippen LogP) is 5.42. The van der Waals surface area contributed by atoms with Gasteiger partial charge in [0, 0.05) is 23.1 Å². The van der Waals surface area contributed by atoms with Gasteiger partial charge < -0.3 is 10.6 Å². The normalized spacial score (nSPS) is 15.5. The minimum absolute atomic E-state index is 0.309. The van der Waals surface area contributed by atoms with Crippen LogP contribution < -0.4 is 10.6 Å². The Morgan fingerprint density at radius 3 is 2.73 bits per heavy atom. The van der Waals surface area contributed by atoms with E-state index in [9.17, 15) is 9.59 Å². The van der Waals surface area contributed by atoms with Crippen LogP contribution in [0, 0.1) is 5.92 Å². The number of carbonyl (C=O) groups is 2. The van der Waals surface area contributed by atoms with Crippen LogP contribution >= 0.6 is 34.5 Å². The van der Waals surface area contributed by atoms with Crippen LogP contribution in [0.5, 0.6) is 0 Å². The summed E-state index contributed by atoms with van der Waals surface area (Å²) in [6.07, 6.45) is 4.24. The van der Waals surface area contributed by atoms with Gasteiger partial charge in [-0.2, -0.15) is 5.10 Å². The van der Waals surface area contributed by atoms with Gasteiger partial charge in [-0.15, -0.1) is 11.3 Å². The first-order chi connectivity index (χ1) is 14.3. The highest BCUT2D eigenvalue weighted by atomic mass is 35.5. The molecular formula is C21H20Cl2N4O2S. The van der Waals surface area contributed by atoms with Crippen molar-refractivity contribution in [2.45, 2.75) is 26.2 Å². The first-order valence-corrected chi connectivity index (χ1v) is 11.1. The van der Waals surface area contributed by atoms with Gasteiger partial charge in [-0.25, -0.2) is 0 Å². The Morgan fingerprint density at radius 1 is 1.20 bits per heavy atom. The molecule has 4 rings (SSSR count).